The molecule has 2 heterocycles. The van der Waals surface area contributed by atoms with Crippen LogP contribution in [0, 0.1) is 5.92 Å². The molecule has 1 aliphatic rings. The first-order chi connectivity index (χ1) is 13.9. The van der Waals surface area contributed by atoms with Gasteiger partial charge < -0.3 is 27.2 Å². The second-order valence-corrected chi connectivity index (χ2v) is 7.57. The van der Waals surface area contributed by atoms with E-state index in [0.717, 1.165) is 44.8 Å². The fourth-order valence-corrected chi connectivity index (χ4v) is 3.49. The number of nitrogens with two attached hydrogens (primary N) is 3. The van der Waals surface area contributed by atoms with Gasteiger partial charge in [0.2, 0.25) is 0 Å². The van der Waals surface area contributed by atoms with Crippen LogP contribution in [0.2, 0.25) is 5.15 Å². The van der Waals surface area contributed by atoms with Crippen LogP contribution in [0.4, 0.5) is 11.6 Å². The normalized spacial score (nSPS) is 15.6. The molecule has 0 spiro atoms. The van der Waals surface area contributed by atoms with Crippen LogP contribution in [0.5, 0.6) is 0 Å². The first-order valence-electron chi connectivity index (χ1n) is 9.93. The van der Waals surface area contributed by atoms with Gasteiger partial charge in [-0.2, -0.15) is 0 Å². The van der Waals surface area contributed by atoms with E-state index in [0.29, 0.717) is 6.54 Å². The number of piperidine rings is 1. The molecular weight excluding hydrogens is 431 g/mol. The number of nitrogens with one attached hydrogen (secondary N) is 1. The van der Waals surface area contributed by atoms with Crippen LogP contribution >= 0.6 is 24.0 Å². The lowest BCUT2D eigenvalue weighted by atomic mass is 9.91. The molecule has 0 atom stereocenters. The van der Waals surface area contributed by atoms with Gasteiger partial charge in [-0.1, -0.05) is 24.4 Å². The number of nitrogen functional groups attached to an aromatic ring is 2. The van der Waals surface area contributed by atoms with Gasteiger partial charge in [0, 0.05) is 19.7 Å². The number of amides is 1. The lowest BCUT2D eigenvalue weighted by Crippen LogP contribution is -2.38. The van der Waals surface area contributed by atoms with Crippen LogP contribution in [0.3, 0.4) is 0 Å². The minimum atomic E-state index is -0.633. The molecule has 30 heavy (non-hydrogen) atoms. The van der Waals surface area contributed by atoms with E-state index in [4.69, 9.17) is 33.9 Å². The van der Waals surface area contributed by atoms with E-state index in [1.165, 1.54) is 19.3 Å². The number of unbranched alkanes of at least 4 members (excludes halogenated alkanes) is 1. The maximum absolute atomic E-state index is 12.2. The summed E-state index contributed by atoms with van der Waals surface area (Å²) in [5.41, 5.74) is 16.7. The Balaban J connectivity index is 0.00000450. The van der Waals surface area contributed by atoms with Gasteiger partial charge in [0.05, 0.1) is 0 Å². The molecule has 10 nitrogen and oxygen atoms in total. The number of hydrogen-bond donors (Lipinski definition) is 5. The molecule has 8 N–H and O–H groups in total. The van der Waals surface area contributed by atoms with E-state index < -0.39 is 5.91 Å². The van der Waals surface area contributed by atoms with Gasteiger partial charge in [-0.05, 0) is 44.7 Å². The largest absolute Gasteiger partial charge is 0.396 e. The van der Waals surface area contributed by atoms with Crippen molar-refractivity contribution in [2.75, 3.05) is 44.3 Å². The summed E-state index contributed by atoms with van der Waals surface area (Å²) in [7, 11) is 0. The van der Waals surface area contributed by atoms with E-state index >= 15 is 0 Å². The number of carbonyl (C=O) groups is 1. The molecule has 1 aliphatic heterocycles. The lowest BCUT2D eigenvalue weighted by molar-refractivity contribution is 0.0972. The van der Waals surface area contributed by atoms with Crippen molar-refractivity contribution >= 4 is 47.5 Å². The maximum atomic E-state index is 12.2. The minimum Gasteiger partial charge on any atom is -0.396 e. The summed E-state index contributed by atoms with van der Waals surface area (Å²) in [5, 5.41) is 11.2. The second kappa shape index (κ2) is 13.4. The standard InChI is InChI=1S/C18H31ClN8O2.ClH/c19-14-16(21)25-15(20)13(24-14)17(29)26-18(22)23-7-2-1-4-12-5-9-27(10-6-12)8-3-11-28;/h12,28H,1-11H2,(H4,20,21,25)(H3,22,23,26,29);1H. The zero-order chi connectivity index (χ0) is 21.2. The predicted molar refractivity (Wildman–Crippen MR) is 122 cm³/mol. The molecule has 0 radical (unpaired) electrons. The van der Waals surface area contributed by atoms with E-state index in [9.17, 15) is 4.79 Å². The highest BCUT2D eigenvalue weighted by Gasteiger charge is 2.18. The van der Waals surface area contributed by atoms with Crippen molar-refractivity contribution in [1.82, 2.24) is 20.2 Å². The van der Waals surface area contributed by atoms with Gasteiger partial charge in [0.1, 0.15) is 0 Å². The summed E-state index contributed by atoms with van der Waals surface area (Å²) in [6.07, 6.45) is 6.41. The number of rotatable bonds is 9. The molecule has 170 valence electrons. The summed E-state index contributed by atoms with van der Waals surface area (Å²) in [6, 6.07) is 0. The summed E-state index contributed by atoms with van der Waals surface area (Å²) in [5.74, 6) is -0.0523. The number of anilines is 2. The molecule has 0 saturated carbocycles. The third-order valence-corrected chi connectivity index (χ3v) is 5.28. The summed E-state index contributed by atoms with van der Waals surface area (Å²) < 4.78 is 0. The number of likely N-dealkylation sites (tertiary alicyclic amines) is 1. The van der Waals surface area contributed by atoms with Crippen molar-refractivity contribution in [2.45, 2.75) is 38.5 Å². The van der Waals surface area contributed by atoms with E-state index in [-0.39, 0.29) is 47.5 Å². The zero-order valence-corrected chi connectivity index (χ0v) is 18.6. The van der Waals surface area contributed by atoms with Crippen molar-refractivity contribution in [2.24, 2.45) is 16.6 Å². The Hall–Kier alpha value is -1.88. The van der Waals surface area contributed by atoms with Crippen LogP contribution < -0.4 is 22.5 Å². The van der Waals surface area contributed by atoms with Crippen molar-refractivity contribution in [3.05, 3.63) is 10.8 Å². The number of hydrogen-bond acceptors (Lipinski definition) is 8. The Morgan fingerprint density at radius 3 is 2.57 bits per heavy atom. The van der Waals surface area contributed by atoms with Crippen molar-refractivity contribution in [3.63, 3.8) is 0 Å². The van der Waals surface area contributed by atoms with Crippen molar-refractivity contribution in [3.8, 4) is 0 Å². The highest BCUT2D eigenvalue weighted by Crippen LogP contribution is 2.22. The Labute approximate surface area is 188 Å². The monoisotopic (exact) mass is 462 g/mol. The summed E-state index contributed by atoms with van der Waals surface area (Å²) in [4.78, 5) is 26.3. The Morgan fingerprint density at radius 2 is 1.90 bits per heavy atom. The average Bonchev–Trinajstić information content (AvgIpc) is 2.69. The predicted octanol–water partition coefficient (Wildman–Crippen LogP) is 1.03. The SMILES string of the molecule is Cl.NC(=NCCCCC1CCN(CCCO)CC1)NC(=O)c1nc(Cl)c(N)nc1N. The molecule has 0 aromatic carbocycles. The smallest absolute Gasteiger partial charge is 0.280 e. The van der Waals surface area contributed by atoms with Gasteiger partial charge in [-0.15, -0.1) is 12.4 Å². The molecule has 1 fully saturated rings. The van der Waals surface area contributed by atoms with Gasteiger partial charge in [-0.3, -0.25) is 15.1 Å². The summed E-state index contributed by atoms with van der Waals surface area (Å²) >= 11 is 5.77. The average molecular weight is 463 g/mol. The number of aromatic nitrogens is 2. The third kappa shape index (κ3) is 8.47. The number of aliphatic hydroxyl groups is 1. The molecule has 12 heteroatoms. The third-order valence-electron chi connectivity index (χ3n) is 5.00. The molecule has 2 rings (SSSR count). The maximum Gasteiger partial charge on any atom is 0.280 e. The molecule has 1 aromatic heterocycles. The quantitative estimate of drug-likeness (QED) is 0.205. The first kappa shape index (κ1) is 26.2. The molecule has 0 bridgehead atoms. The van der Waals surface area contributed by atoms with Gasteiger partial charge in [0.25, 0.3) is 5.91 Å². The number of nitrogens with zero attached hydrogens (tertiary/aromatic N) is 4. The van der Waals surface area contributed by atoms with Crippen molar-refractivity contribution < 1.29 is 9.90 Å². The highest BCUT2D eigenvalue weighted by atomic mass is 35.5. The molecule has 0 unspecified atom stereocenters. The van der Waals surface area contributed by atoms with E-state index in [1.807, 2.05) is 0 Å². The number of guanidine groups is 1. The van der Waals surface area contributed by atoms with E-state index in [2.05, 4.69) is 25.2 Å². The van der Waals surface area contributed by atoms with Gasteiger partial charge in [0.15, 0.2) is 28.4 Å². The molecule has 1 amide bonds. The van der Waals surface area contributed by atoms with Gasteiger partial charge >= 0.3 is 0 Å². The molecule has 0 aliphatic carbocycles. The second-order valence-electron chi connectivity index (χ2n) is 7.21. The fraction of sp³-hybridized carbons (Fsp3) is 0.667. The Bertz CT molecular complexity index is 712. The number of aliphatic hydroxyl groups excluding tert-OH is 1. The summed E-state index contributed by atoms with van der Waals surface area (Å²) in [6.45, 7) is 4.01. The molecular formula is C18H32Cl2N8O2. The topological polar surface area (TPSA) is 169 Å². The molecule has 1 aromatic rings. The Morgan fingerprint density at radius 1 is 1.20 bits per heavy atom. The van der Waals surface area contributed by atoms with Crippen LogP contribution in [0.1, 0.15) is 49.0 Å². The van der Waals surface area contributed by atoms with Gasteiger partial charge in [-0.25, -0.2) is 9.97 Å². The van der Waals surface area contributed by atoms with Crippen LogP contribution in [0.25, 0.3) is 0 Å². The van der Waals surface area contributed by atoms with Crippen LogP contribution in [-0.4, -0.2) is 64.6 Å². The molecule has 1 saturated heterocycles. The van der Waals surface area contributed by atoms with E-state index in [1.54, 1.807) is 0 Å². The van der Waals surface area contributed by atoms with Crippen LogP contribution in [0.15, 0.2) is 4.99 Å². The number of aliphatic imine (C=N–C) groups is 1. The number of carbonyl (C=O) groups excluding carboxylic acids is 1. The number of halogens is 2. The fourth-order valence-electron chi connectivity index (χ4n) is 3.36. The van der Waals surface area contributed by atoms with Crippen LogP contribution in [-0.2, 0) is 0 Å². The minimum absolute atomic E-state index is 0. The lowest BCUT2D eigenvalue weighted by Gasteiger charge is -2.31. The van der Waals surface area contributed by atoms with Crippen molar-refractivity contribution in [1.29, 1.82) is 0 Å². The highest BCUT2D eigenvalue weighted by molar-refractivity contribution is 6.31. The first-order valence-corrected chi connectivity index (χ1v) is 10.3. The Kier molecular flexibility index (Phi) is 11.7. The zero-order valence-electron chi connectivity index (χ0n) is 17.0.